The van der Waals surface area contributed by atoms with Crippen molar-refractivity contribution in [3.05, 3.63) is 158 Å². The van der Waals surface area contributed by atoms with Crippen LogP contribution in [0.15, 0.2) is 162 Å². The highest BCUT2D eigenvalue weighted by Crippen LogP contribution is 2.45. The van der Waals surface area contributed by atoms with Crippen molar-refractivity contribution in [1.29, 1.82) is 0 Å². The van der Waals surface area contributed by atoms with Gasteiger partial charge in [0.15, 0.2) is 0 Å². The van der Waals surface area contributed by atoms with Crippen molar-refractivity contribution in [2.45, 2.75) is 0 Å². The van der Waals surface area contributed by atoms with E-state index in [9.17, 15) is 0 Å². The molecule has 0 aliphatic carbocycles. The number of para-hydroxylation sites is 3. The molecule has 3 nitrogen and oxygen atoms in total. The minimum absolute atomic E-state index is 0.914. The fourth-order valence-electron chi connectivity index (χ4n) is 7.38. The van der Waals surface area contributed by atoms with Crippen LogP contribution in [0.2, 0.25) is 0 Å². The van der Waals surface area contributed by atoms with Gasteiger partial charge in [0.05, 0.1) is 27.5 Å². The van der Waals surface area contributed by atoms with Crippen molar-refractivity contribution in [3.8, 4) is 22.5 Å². The number of fused-ring (bicyclic) bond motifs is 11. The Morgan fingerprint density at radius 1 is 0.356 bits per heavy atom. The molecule has 0 atom stereocenters. The summed E-state index contributed by atoms with van der Waals surface area (Å²) in [6, 6.07) is 56.4. The second-order valence-corrected chi connectivity index (χ2v) is 11.7. The number of aromatic nitrogens is 2. The normalized spacial score (nSPS) is 12.0. The van der Waals surface area contributed by atoms with Crippen LogP contribution >= 0.6 is 0 Å². The van der Waals surface area contributed by atoms with Crippen LogP contribution in [0.1, 0.15) is 0 Å². The highest BCUT2D eigenvalue weighted by molar-refractivity contribution is 6.30. The molecule has 0 saturated carbocycles. The highest BCUT2D eigenvalue weighted by Gasteiger charge is 2.23. The maximum absolute atomic E-state index is 6.63. The van der Waals surface area contributed by atoms with E-state index in [0.717, 1.165) is 44.2 Å². The van der Waals surface area contributed by atoms with Crippen LogP contribution < -0.4 is 0 Å². The lowest BCUT2D eigenvalue weighted by atomic mass is 10.1. The van der Waals surface area contributed by atoms with Crippen molar-refractivity contribution in [3.63, 3.8) is 0 Å². The van der Waals surface area contributed by atoms with Gasteiger partial charge in [0.25, 0.3) is 0 Å². The average Bonchev–Trinajstić information content (AvgIpc) is 3.76. The first-order valence-corrected chi connectivity index (χ1v) is 15.4. The Hall–Kier alpha value is -6.06. The summed E-state index contributed by atoms with van der Waals surface area (Å²) in [4.78, 5) is 0. The van der Waals surface area contributed by atoms with Crippen LogP contribution in [0, 0.1) is 0 Å². The molecule has 0 amide bonds. The molecular weight excluding hydrogens is 548 g/mol. The summed E-state index contributed by atoms with van der Waals surface area (Å²) in [5, 5.41) is 7.09. The number of rotatable bonds is 3. The van der Waals surface area contributed by atoms with E-state index in [4.69, 9.17) is 4.42 Å². The van der Waals surface area contributed by atoms with Crippen LogP contribution in [0.4, 0.5) is 0 Å². The molecule has 0 fully saturated rings. The lowest BCUT2D eigenvalue weighted by Gasteiger charge is -2.10. The summed E-state index contributed by atoms with van der Waals surface area (Å²) in [6.45, 7) is 0. The second-order valence-electron chi connectivity index (χ2n) is 11.7. The van der Waals surface area contributed by atoms with Gasteiger partial charge in [-0.15, -0.1) is 0 Å². The molecule has 0 radical (unpaired) electrons. The smallest absolute Gasteiger partial charge is 0.145 e. The summed E-state index contributed by atoms with van der Waals surface area (Å²) >= 11 is 0. The van der Waals surface area contributed by atoms with E-state index in [-0.39, 0.29) is 0 Å². The summed E-state index contributed by atoms with van der Waals surface area (Å²) in [6.07, 6.45) is 0. The van der Waals surface area contributed by atoms with Gasteiger partial charge in [0, 0.05) is 38.3 Å². The molecule has 0 aliphatic rings. The number of nitrogens with zero attached hydrogens (tertiary/aromatic N) is 2. The van der Waals surface area contributed by atoms with Gasteiger partial charge < -0.3 is 13.6 Å². The molecule has 3 aromatic heterocycles. The van der Waals surface area contributed by atoms with Crippen LogP contribution in [-0.4, -0.2) is 9.13 Å². The molecule has 0 unspecified atom stereocenters. The van der Waals surface area contributed by atoms with Gasteiger partial charge in [-0.2, -0.15) is 0 Å². The molecule has 3 heterocycles. The summed E-state index contributed by atoms with van der Waals surface area (Å²) in [5.74, 6) is 0. The first-order valence-electron chi connectivity index (χ1n) is 15.4. The highest BCUT2D eigenvalue weighted by atomic mass is 16.3. The van der Waals surface area contributed by atoms with E-state index >= 15 is 0 Å². The zero-order valence-electron chi connectivity index (χ0n) is 24.3. The molecule has 10 rings (SSSR count). The lowest BCUT2D eigenvalue weighted by Crippen LogP contribution is -1.95. The lowest BCUT2D eigenvalue weighted by molar-refractivity contribution is 0.673. The Morgan fingerprint density at radius 2 is 0.956 bits per heavy atom. The number of hydrogen-bond acceptors (Lipinski definition) is 1. The van der Waals surface area contributed by atoms with Crippen molar-refractivity contribution >= 4 is 65.6 Å². The predicted octanol–water partition coefficient (Wildman–Crippen LogP) is 11.4. The van der Waals surface area contributed by atoms with E-state index < -0.39 is 0 Å². The van der Waals surface area contributed by atoms with Crippen LogP contribution in [0.5, 0.6) is 0 Å². The third-order valence-corrected chi connectivity index (χ3v) is 9.32. The number of furan rings is 1. The molecule has 7 aromatic carbocycles. The van der Waals surface area contributed by atoms with Crippen LogP contribution in [-0.2, 0) is 0 Å². The standard InChI is InChI=1S/C42H26N2O/c1-3-11-27(12-4-1)28-19-21-30(22-20-28)43-35-17-9-7-16-33(35)39-36(43)26-24-34-40-37(44(41(34)39)29-13-5-2-6-14-29)25-23-32-31-15-8-10-18-38(31)45-42(32)40/h1-26H. The number of hydrogen-bond donors (Lipinski definition) is 0. The Bertz CT molecular complexity index is 2730. The number of benzene rings is 7. The Kier molecular flexibility index (Phi) is 5.00. The Morgan fingerprint density at radius 3 is 1.76 bits per heavy atom. The predicted molar refractivity (Wildman–Crippen MR) is 188 cm³/mol. The van der Waals surface area contributed by atoms with Gasteiger partial charge in [0.2, 0.25) is 0 Å². The van der Waals surface area contributed by atoms with Gasteiger partial charge in [-0.1, -0.05) is 97.1 Å². The third-order valence-electron chi connectivity index (χ3n) is 9.32. The van der Waals surface area contributed by atoms with Crippen LogP contribution in [0.3, 0.4) is 0 Å². The molecule has 3 heteroatoms. The molecule has 0 spiro atoms. The molecule has 0 saturated heterocycles. The molecule has 0 bridgehead atoms. The maximum Gasteiger partial charge on any atom is 0.145 e. The molecule has 10 aromatic rings. The SMILES string of the molecule is c1ccc(-c2ccc(-n3c4ccccc4c4c3ccc3c5c6oc7ccccc7c6ccc5n(-c5ccccc5)c34)cc2)cc1. The molecule has 210 valence electrons. The quantitative estimate of drug-likeness (QED) is 0.206. The summed E-state index contributed by atoms with van der Waals surface area (Å²) < 4.78 is 11.5. The molecular formula is C42H26N2O. The second kappa shape index (κ2) is 9.22. The largest absolute Gasteiger partial charge is 0.455 e. The molecule has 0 N–H and O–H groups in total. The third kappa shape index (κ3) is 3.41. The van der Waals surface area contributed by atoms with E-state index in [1.54, 1.807) is 0 Å². The van der Waals surface area contributed by atoms with Crippen molar-refractivity contribution in [2.24, 2.45) is 0 Å². The zero-order valence-corrected chi connectivity index (χ0v) is 24.3. The molecule has 0 aliphatic heterocycles. The summed E-state index contributed by atoms with van der Waals surface area (Å²) in [7, 11) is 0. The van der Waals surface area contributed by atoms with Gasteiger partial charge >= 0.3 is 0 Å². The van der Waals surface area contributed by atoms with Crippen LogP contribution in [0.25, 0.3) is 88.1 Å². The minimum atomic E-state index is 0.914. The molecule has 45 heavy (non-hydrogen) atoms. The van der Waals surface area contributed by atoms with Crippen molar-refractivity contribution in [1.82, 2.24) is 9.13 Å². The van der Waals surface area contributed by atoms with Gasteiger partial charge in [-0.05, 0) is 71.8 Å². The summed E-state index contributed by atoms with van der Waals surface area (Å²) in [5.41, 5.74) is 11.2. The van der Waals surface area contributed by atoms with E-state index in [1.165, 1.54) is 43.8 Å². The fraction of sp³-hybridized carbons (Fsp3) is 0. The van der Waals surface area contributed by atoms with Gasteiger partial charge in [0.1, 0.15) is 11.2 Å². The fourth-order valence-corrected chi connectivity index (χ4v) is 7.38. The topological polar surface area (TPSA) is 23.0 Å². The van der Waals surface area contributed by atoms with Gasteiger partial charge in [-0.3, -0.25) is 0 Å². The first-order chi connectivity index (χ1) is 22.3. The Balaban J connectivity index is 1.35. The minimum Gasteiger partial charge on any atom is -0.455 e. The van der Waals surface area contributed by atoms with Crippen molar-refractivity contribution < 1.29 is 4.42 Å². The van der Waals surface area contributed by atoms with E-state index in [0.29, 0.717) is 0 Å². The van der Waals surface area contributed by atoms with E-state index in [1.807, 2.05) is 6.07 Å². The Labute approximate surface area is 258 Å². The average molecular weight is 575 g/mol. The van der Waals surface area contributed by atoms with Gasteiger partial charge in [-0.25, -0.2) is 0 Å². The van der Waals surface area contributed by atoms with Crippen molar-refractivity contribution in [2.75, 3.05) is 0 Å². The maximum atomic E-state index is 6.63. The van der Waals surface area contributed by atoms with E-state index in [2.05, 4.69) is 161 Å². The monoisotopic (exact) mass is 574 g/mol. The zero-order chi connectivity index (χ0) is 29.5. The first kappa shape index (κ1) is 24.4.